The summed E-state index contributed by atoms with van der Waals surface area (Å²) in [5, 5.41) is 14.3. The van der Waals surface area contributed by atoms with E-state index in [9.17, 15) is 5.11 Å². The fraction of sp³-hybridized carbons (Fsp3) is 0.600. The molecule has 1 saturated carbocycles. The summed E-state index contributed by atoms with van der Waals surface area (Å²) in [4.78, 5) is 0. The number of hydrogen-bond acceptors (Lipinski definition) is 3. The molecule has 5 heteroatoms. The number of benzene rings is 1. The molecule has 0 saturated heterocycles. The predicted molar refractivity (Wildman–Crippen MR) is 82.7 cm³/mol. The van der Waals surface area contributed by atoms with Crippen molar-refractivity contribution in [2.45, 2.75) is 38.3 Å². The van der Waals surface area contributed by atoms with Crippen LogP contribution in [-0.4, -0.2) is 24.9 Å². The van der Waals surface area contributed by atoms with Gasteiger partial charge in [-0.2, -0.15) is 0 Å². The summed E-state index contributed by atoms with van der Waals surface area (Å²) in [5.41, 5.74) is 0.967. The molecule has 2 rings (SSSR count). The summed E-state index contributed by atoms with van der Waals surface area (Å²) in [6, 6.07) is 3.58. The molecule has 20 heavy (non-hydrogen) atoms. The van der Waals surface area contributed by atoms with E-state index in [0.29, 0.717) is 28.3 Å². The van der Waals surface area contributed by atoms with Crippen molar-refractivity contribution >= 4 is 23.2 Å². The number of aliphatic hydroxyl groups excluding tert-OH is 1. The lowest BCUT2D eigenvalue weighted by Gasteiger charge is -2.26. The first kappa shape index (κ1) is 15.9. The fourth-order valence-corrected chi connectivity index (χ4v) is 3.20. The molecule has 1 aromatic carbocycles. The van der Waals surface area contributed by atoms with E-state index in [0.717, 1.165) is 31.4 Å². The van der Waals surface area contributed by atoms with Crippen LogP contribution in [-0.2, 0) is 6.54 Å². The highest BCUT2D eigenvalue weighted by molar-refractivity contribution is 6.34. The first-order valence-corrected chi connectivity index (χ1v) is 7.76. The van der Waals surface area contributed by atoms with E-state index in [1.165, 1.54) is 6.42 Å². The maximum atomic E-state index is 9.65. The summed E-state index contributed by atoms with van der Waals surface area (Å²) in [6.07, 6.45) is 4.00. The van der Waals surface area contributed by atoms with Gasteiger partial charge in [-0.1, -0.05) is 29.6 Å². The second-order valence-electron chi connectivity index (χ2n) is 5.40. The van der Waals surface area contributed by atoms with Crippen LogP contribution in [0.25, 0.3) is 0 Å². The molecule has 1 fully saturated rings. The van der Waals surface area contributed by atoms with E-state index in [2.05, 4.69) is 5.32 Å². The van der Waals surface area contributed by atoms with Crippen molar-refractivity contribution in [2.75, 3.05) is 13.7 Å². The number of hydrogen-bond donors (Lipinski definition) is 2. The number of nitrogens with one attached hydrogen (secondary N) is 1. The van der Waals surface area contributed by atoms with Crippen LogP contribution in [0.3, 0.4) is 0 Å². The largest absolute Gasteiger partial charge is 0.495 e. The Balaban J connectivity index is 1.86. The Morgan fingerprint density at radius 1 is 1.30 bits per heavy atom. The van der Waals surface area contributed by atoms with E-state index in [-0.39, 0.29) is 6.10 Å². The lowest BCUT2D eigenvalue weighted by atomic mass is 9.87. The molecule has 3 nitrogen and oxygen atoms in total. The highest BCUT2D eigenvalue weighted by Crippen LogP contribution is 2.31. The molecule has 2 N–H and O–H groups in total. The average Bonchev–Trinajstić information content (AvgIpc) is 2.42. The van der Waals surface area contributed by atoms with Crippen LogP contribution in [0.5, 0.6) is 5.75 Å². The molecule has 112 valence electrons. The number of methoxy groups -OCH3 is 1. The molecule has 1 aliphatic carbocycles. The second kappa shape index (κ2) is 7.51. The topological polar surface area (TPSA) is 41.5 Å². The lowest BCUT2D eigenvalue weighted by molar-refractivity contribution is 0.101. The fourth-order valence-electron chi connectivity index (χ4n) is 2.72. The normalized spacial score (nSPS) is 22.8. The van der Waals surface area contributed by atoms with E-state index in [1.54, 1.807) is 13.2 Å². The average molecular weight is 318 g/mol. The van der Waals surface area contributed by atoms with Gasteiger partial charge in [-0.25, -0.2) is 0 Å². The van der Waals surface area contributed by atoms with Gasteiger partial charge in [-0.3, -0.25) is 0 Å². The first-order chi connectivity index (χ1) is 9.60. The van der Waals surface area contributed by atoms with Gasteiger partial charge in [0.15, 0.2) is 0 Å². The molecule has 0 aromatic heterocycles. The second-order valence-corrected chi connectivity index (χ2v) is 6.21. The van der Waals surface area contributed by atoms with Gasteiger partial charge in [-0.15, -0.1) is 0 Å². The van der Waals surface area contributed by atoms with Crippen molar-refractivity contribution in [3.8, 4) is 5.75 Å². The van der Waals surface area contributed by atoms with Crippen molar-refractivity contribution < 1.29 is 9.84 Å². The third-order valence-corrected chi connectivity index (χ3v) is 4.47. The zero-order valence-electron chi connectivity index (χ0n) is 11.7. The first-order valence-electron chi connectivity index (χ1n) is 7.01. The Hall–Kier alpha value is -0.480. The molecule has 0 heterocycles. The van der Waals surface area contributed by atoms with Crippen molar-refractivity contribution in [1.82, 2.24) is 5.32 Å². The summed E-state index contributed by atoms with van der Waals surface area (Å²) in [5.74, 6) is 1.14. The van der Waals surface area contributed by atoms with E-state index in [4.69, 9.17) is 27.9 Å². The van der Waals surface area contributed by atoms with Gasteiger partial charge < -0.3 is 15.2 Å². The molecule has 0 spiro atoms. The molecular formula is C15H21Cl2NO2. The Kier molecular flexibility index (Phi) is 5.97. The Labute approximate surface area is 130 Å². The Bertz CT molecular complexity index is 454. The number of rotatable bonds is 5. The summed E-state index contributed by atoms with van der Waals surface area (Å²) in [7, 11) is 1.57. The Morgan fingerprint density at radius 2 is 2.10 bits per heavy atom. The van der Waals surface area contributed by atoms with Gasteiger partial charge in [0.2, 0.25) is 0 Å². The van der Waals surface area contributed by atoms with Crippen LogP contribution in [0, 0.1) is 5.92 Å². The maximum Gasteiger partial charge on any atom is 0.138 e. The van der Waals surface area contributed by atoms with Gasteiger partial charge in [0.1, 0.15) is 5.75 Å². The van der Waals surface area contributed by atoms with Gasteiger partial charge in [-0.05, 0) is 43.4 Å². The molecule has 1 aromatic rings. The molecule has 0 amide bonds. The van der Waals surface area contributed by atoms with Crippen LogP contribution in [0.4, 0.5) is 0 Å². The van der Waals surface area contributed by atoms with Crippen molar-refractivity contribution in [1.29, 1.82) is 0 Å². The third-order valence-electron chi connectivity index (χ3n) is 3.82. The molecule has 1 aliphatic rings. The van der Waals surface area contributed by atoms with Crippen molar-refractivity contribution in [3.05, 3.63) is 27.7 Å². The summed E-state index contributed by atoms with van der Waals surface area (Å²) in [6.45, 7) is 1.58. The molecular weight excluding hydrogens is 297 g/mol. The number of halogens is 2. The maximum absolute atomic E-state index is 9.65. The van der Waals surface area contributed by atoms with E-state index in [1.807, 2.05) is 6.07 Å². The van der Waals surface area contributed by atoms with Gasteiger partial charge in [0.05, 0.1) is 18.2 Å². The summed E-state index contributed by atoms with van der Waals surface area (Å²) >= 11 is 12.3. The molecule has 0 aliphatic heterocycles. The molecule has 2 atom stereocenters. The van der Waals surface area contributed by atoms with E-state index < -0.39 is 0 Å². The minimum Gasteiger partial charge on any atom is -0.495 e. The van der Waals surface area contributed by atoms with Crippen LogP contribution in [0.1, 0.15) is 31.2 Å². The van der Waals surface area contributed by atoms with Crippen LogP contribution in [0.2, 0.25) is 10.0 Å². The number of aliphatic hydroxyl groups is 1. The minimum absolute atomic E-state index is 0.130. The van der Waals surface area contributed by atoms with Gasteiger partial charge >= 0.3 is 0 Å². The third kappa shape index (κ3) is 4.26. The summed E-state index contributed by atoms with van der Waals surface area (Å²) < 4.78 is 5.13. The molecule has 2 unspecified atom stereocenters. The highest BCUT2D eigenvalue weighted by Gasteiger charge is 2.19. The van der Waals surface area contributed by atoms with E-state index >= 15 is 0 Å². The Morgan fingerprint density at radius 3 is 2.80 bits per heavy atom. The van der Waals surface area contributed by atoms with Crippen molar-refractivity contribution in [2.24, 2.45) is 5.92 Å². The van der Waals surface area contributed by atoms with Crippen LogP contribution < -0.4 is 10.1 Å². The molecule has 0 bridgehead atoms. The lowest BCUT2D eigenvalue weighted by Crippen LogP contribution is -2.29. The van der Waals surface area contributed by atoms with Gasteiger partial charge in [0, 0.05) is 17.6 Å². The predicted octanol–water partition coefficient (Wildman–Crippen LogP) is 3.64. The minimum atomic E-state index is -0.130. The molecule has 0 radical (unpaired) electrons. The standard InChI is InChI=1S/C15H21Cl2NO2/c1-20-15-7-13(16)11(6-14(15)17)9-18-8-10-3-2-4-12(19)5-10/h6-7,10,12,18-19H,2-5,8-9H2,1H3. The quantitative estimate of drug-likeness (QED) is 0.871. The van der Waals surface area contributed by atoms with Crippen LogP contribution >= 0.6 is 23.2 Å². The monoisotopic (exact) mass is 317 g/mol. The van der Waals surface area contributed by atoms with Crippen LogP contribution in [0.15, 0.2) is 12.1 Å². The SMILES string of the molecule is COc1cc(Cl)c(CNCC2CCCC(O)C2)cc1Cl. The van der Waals surface area contributed by atoms with Crippen molar-refractivity contribution in [3.63, 3.8) is 0 Å². The zero-order chi connectivity index (χ0) is 14.5. The van der Waals surface area contributed by atoms with Gasteiger partial charge in [0.25, 0.3) is 0 Å². The number of ether oxygens (including phenoxy) is 1. The smallest absolute Gasteiger partial charge is 0.138 e. The zero-order valence-corrected chi connectivity index (χ0v) is 13.2. The highest BCUT2D eigenvalue weighted by atomic mass is 35.5.